The monoisotopic (exact) mass is 491 g/mol. The van der Waals surface area contributed by atoms with Crippen LogP contribution in [0.2, 0.25) is 0 Å². The molecule has 0 saturated heterocycles. The Hall–Kier alpha value is -2.77. The molecule has 0 aliphatic carbocycles. The van der Waals surface area contributed by atoms with Gasteiger partial charge >= 0.3 is 6.09 Å². The molecular formula is C27H45N3O5. The Labute approximate surface area is 210 Å². The summed E-state index contributed by atoms with van der Waals surface area (Å²) in [5.74, 6) is -0.720. The Kier molecular flexibility index (Phi) is 12.6. The normalized spacial score (nSPS) is 13.1. The highest BCUT2D eigenvalue weighted by Crippen LogP contribution is 2.26. The molecular weight excluding hydrogens is 446 g/mol. The number of benzene rings is 1. The molecule has 0 spiro atoms. The molecule has 3 amide bonds. The Morgan fingerprint density at radius 1 is 1.00 bits per heavy atom. The summed E-state index contributed by atoms with van der Waals surface area (Å²) in [6.45, 7) is 13.0. The standard InChI is InChI=1S/C27H45N3O5/c1-8-9-10-11-12-13-17-30(25(33)20(4)29-26(34)35-27(5,6)7)23(24(32)28-19(2)3)21-15-14-16-22(31)18-21/h14-16,18-20,23,31H,8-13,17H2,1-7H3,(H,28,32)(H,29,34). The third kappa shape index (κ3) is 11.5. The van der Waals surface area contributed by atoms with Crippen LogP contribution in [0.5, 0.6) is 5.75 Å². The number of phenols is 1. The molecule has 8 heteroatoms. The number of ether oxygens (including phenoxy) is 1. The van der Waals surface area contributed by atoms with Gasteiger partial charge in [0.05, 0.1) is 0 Å². The Bertz CT molecular complexity index is 819. The fourth-order valence-corrected chi connectivity index (χ4v) is 3.76. The van der Waals surface area contributed by atoms with Crippen molar-refractivity contribution in [1.29, 1.82) is 0 Å². The van der Waals surface area contributed by atoms with Crippen molar-refractivity contribution in [3.63, 3.8) is 0 Å². The molecule has 0 saturated carbocycles. The SMILES string of the molecule is CCCCCCCCN(C(=O)C(C)NC(=O)OC(C)(C)C)C(C(=O)NC(C)C)c1cccc(O)c1. The van der Waals surface area contributed by atoms with Gasteiger partial charge in [0.25, 0.3) is 0 Å². The molecule has 0 radical (unpaired) electrons. The van der Waals surface area contributed by atoms with E-state index in [0.717, 1.165) is 32.1 Å². The summed E-state index contributed by atoms with van der Waals surface area (Å²) >= 11 is 0. The quantitative estimate of drug-likeness (QED) is 0.334. The van der Waals surface area contributed by atoms with Crippen molar-refractivity contribution in [2.75, 3.05) is 6.54 Å². The van der Waals surface area contributed by atoms with Gasteiger partial charge in [-0.1, -0.05) is 51.2 Å². The second kappa shape index (κ2) is 14.6. The van der Waals surface area contributed by atoms with Gasteiger partial charge in [0, 0.05) is 12.6 Å². The van der Waals surface area contributed by atoms with E-state index in [2.05, 4.69) is 17.6 Å². The van der Waals surface area contributed by atoms with Gasteiger partial charge in [-0.3, -0.25) is 9.59 Å². The molecule has 0 bridgehead atoms. The Balaban J connectivity index is 3.22. The average Bonchev–Trinajstić information content (AvgIpc) is 2.72. The first-order chi connectivity index (χ1) is 16.4. The maximum absolute atomic E-state index is 13.6. The predicted molar refractivity (Wildman–Crippen MR) is 138 cm³/mol. The zero-order valence-electron chi connectivity index (χ0n) is 22.5. The number of hydrogen-bond donors (Lipinski definition) is 3. The second-order valence-corrected chi connectivity index (χ2v) is 10.3. The third-order valence-corrected chi connectivity index (χ3v) is 5.32. The van der Waals surface area contributed by atoms with Crippen LogP contribution in [-0.2, 0) is 14.3 Å². The van der Waals surface area contributed by atoms with Crippen LogP contribution >= 0.6 is 0 Å². The largest absolute Gasteiger partial charge is 0.508 e. The first-order valence-corrected chi connectivity index (χ1v) is 12.7. The number of carbonyl (C=O) groups is 3. The van der Waals surface area contributed by atoms with Gasteiger partial charge in [-0.2, -0.15) is 0 Å². The molecule has 0 heterocycles. The van der Waals surface area contributed by atoms with Crippen LogP contribution < -0.4 is 10.6 Å². The van der Waals surface area contributed by atoms with Gasteiger partial charge in [0.15, 0.2) is 0 Å². The molecule has 198 valence electrons. The Morgan fingerprint density at radius 2 is 1.63 bits per heavy atom. The number of aromatic hydroxyl groups is 1. The molecule has 1 aromatic rings. The molecule has 0 aliphatic rings. The van der Waals surface area contributed by atoms with Crippen molar-refractivity contribution < 1.29 is 24.2 Å². The fourth-order valence-electron chi connectivity index (χ4n) is 3.76. The lowest BCUT2D eigenvalue weighted by Gasteiger charge is -2.34. The number of unbranched alkanes of at least 4 members (excludes halogenated alkanes) is 5. The average molecular weight is 492 g/mol. The Morgan fingerprint density at radius 3 is 2.20 bits per heavy atom. The van der Waals surface area contributed by atoms with E-state index in [1.165, 1.54) is 23.5 Å². The second-order valence-electron chi connectivity index (χ2n) is 10.3. The van der Waals surface area contributed by atoms with Crippen molar-refractivity contribution in [1.82, 2.24) is 15.5 Å². The zero-order chi connectivity index (χ0) is 26.6. The molecule has 0 aliphatic heterocycles. The number of nitrogens with zero attached hydrogens (tertiary/aromatic N) is 1. The predicted octanol–water partition coefficient (Wildman–Crippen LogP) is 5.06. The molecule has 1 rings (SSSR count). The first-order valence-electron chi connectivity index (χ1n) is 12.7. The van der Waals surface area contributed by atoms with Crippen LogP contribution in [0.3, 0.4) is 0 Å². The molecule has 2 unspecified atom stereocenters. The number of rotatable bonds is 13. The minimum Gasteiger partial charge on any atom is -0.508 e. The van der Waals surface area contributed by atoms with E-state index in [0.29, 0.717) is 12.1 Å². The topological polar surface area (TPSA) is 108 Å². The van der Waals surface area contributed by atoms with Gasteiger partial charge in [0.2, 0.25) is 11.8 Å². The smallest absolute Gasteiger partial charge is 0.408 e. The first kappa shape index (κ1) is 30.3. The summed E-state index contributed by atoms with van der Waals surface area (Å²) in [7, 11) is 0. The molecule has 2 atom stereocenters. The molecule has 3 N–H and O–H groups in total. The van der Waals surface area contributed by atoms with Crippen molar-refractivity contribution >= 4 is 17.9 Å². The molecule has 0 aromatic heterocycles. The number of phenolic OH excluding ortho intramolecular Hbond substituents is 1. The summed E-state index contributed by atoms with van der Waals surface area (Å²) in [4.78, 5) is 40.7. The molecule has 0 fully saturated rings. The van der Waals surface area contributed by atoms with Crippen LogP contribution in [0.4, 0.5) is 4.79 Å². The van der Waals surface area contributed by atoms with Crippen molar-refractivity contribution in [3.8, 4) is 5.75 Å². The lowest BCUT2D eigenvalue weighted by Crippen LogP contribution is -2.52. The highest BCUT2D eigenvalue weighted by atomic mass is 16.6. The molecule has 1 aromatic carbocycles. The minimum absolute atomic E-state index is 0.0109. The van der Waals surface area contributed by atoms with E-state index < -0.39 is 29.7 Å². The minimum atomic E-state index is -0.949. The van der Waals surface area contributed by atoms with Gasteiger partial charge < -0.3 is 25.4 Å². The number of amides is 3. The fraction of sp³-hybridized carbons (Fsp3) is 0.667. The van der Waals surface area contributed by atoms with Crippen LogP contribution in [0.25, 0.3) is 0 Å². The highest BCUT2D eigenvalue weighted by Gasteiger charge is 2.34. The summed E-state index contributed by atoms with van der Waals surface area (Å²) in [6, 6.07) is 4.40. The number of nitrogens with one attached hydrogen (secondary N) is 2. The summed E-state index contributed by atoms with van der Waals surface area (Å²) in [6.07, 6.45) is 5.45. The number of hydrogen-bond acceptors (Lipinski definition) is 5. The van der Waals surface area contributed by atoms with Gasteiger partial charge in [0.1, 0.15) is 23.4 Å². The number of alkyl carbamates (subject to hydrolysis) is 1. The lowest BCUT2D eigenvalue weighted by molar-refractivity contribution is -0.142. The molecule has 35 heavy (non-hydrogen) atoms. The van der Waals surface area contributed by atoms with E-state index in [-0.39, 0.29) is 17.7 Å². The maximum Gasteiger partial charge on any atom is 0.408 e. The third-order valence-electron chi connectivity index (χ3n) is 5.32. The van der Waals surface area contributed by atoms with E-state index in [9.17, 15) is 19.5 Å². The van der Waals surface area contributed by atoms with Crippen LogP contribution in [0.15, 0.2) is 24.3 Å². The van der Waals surface area contributed by atoms with E-state index >= 15 is 0 Å². The van der Waals surface area contributed by atoms with Crippen molar-refractivity contribution in [2.45, 2.75) is 111 Å². The summed E-state index contributed by atoms with van der Waals surface area (Å²) in [5, 5.41) is 15.6. The van der Waals surface area contributed by atoms with Crippen molar-refractivity contribution in [2.24, 2.45) is 0 Å². The molecule has 8 nitrogen and oxygen atoms in total. The lowest BCUT2D eigenvalue weighted by atomic mass is 10.0. The van der Waals surface area contributed by atoms with E-state index in [1.54, 1.807) is 39.8 Å². The summed E-state index contributed by atoms with van der Waals surface area (Å²) < 4.78 is 5.30. The number of carbonyl (C=O) groups excluding carboxylic acids is 3. The van der Waals surface area contributed by atoms with Gasteiger partial charge in [-0.25, -0.2) is 4.79 Å². The van der Waals surface area contributed by atoms with Crippen LogP contribution in [0.1, 0.15) is 98.6 Å². The van der Waals surface area contributed by atoms with Crippen molar-refractivity contribution in [3.05, 3.63) is 29.8 Å². The zero-order valence-corrected chi connectivity index (χ0v) is 22.5. The van der Waals surface area contributed by atoms with E-state index in [1.807, 2.05) is 13.8 Å². The van der Waals surface area contributed by atoms with Crippen LogP contribution in [0, 0.1) is 0 Å². The van der Waals surface area contributed by atoms with Crippen LogP contribution in [-0.4, -0.2) is 52.1 Å². The van der Waals surface area contributed by atoms with Gasteiger partial charge in [-0.05, 0) is 65.7 Å². The summed E-state index contributed by atoms with van der Waals surface area (Å²) in [5.41, 5.74) is -0.196. The van der Waals surface area contributed by atoms with Gasteiger partial charge in [-0.15, -0.1) is 0 Å². The van der Waals surface area contributed by atoms with E-state index in [4.69, 9.17) is 4.74 Å². The highest BCUT2D eigenvalue weighted by molar-refractivity contribution is 5.92. The maximum atomic E-state index is 13.6.